The maximum absolute atomic E-state index is 11.8. The fourth-order valence-corrected chi connectivity index (χ4v) is 2.98. The quantitative estimate of drug-likeness (QED) is 0.892. The van der Waals surface area contributed by atoms with Gasteiger partial charge in [0, 0.05) is 12.5 Å². The molecule has 5 heteroatoms. The van der Waals surface area contributed by atoms with Crippen molar-refractivity contribution < 1.29 is 9.90 Å². The minimum absolute atomic E-state index is 0.0962. The van der Waals surface area contributed by atoms with Crippen LogP contribution in [-0.2, 0) is 4.79 Å². The monoisotopic (exact) mass is 286 g/mol. The van der Waals surface area contributed by atoms with Gasteiger partial charge < -0.3 is 5.11 Å². The number of hydrogen-bond donors (Lipinski definition) is 2. The molecule has 1 atom stereocenters. The molecular formula is C15H14N2O2S. The minimum Gasteiger partial charge on any atom is -0.508 e. The third-order valence-electron chi connectivity index (χ3n) is 3.22. The molecule has 0 radical (unpaired) electrons. The van der Waals surface area contributed by atoms with Crippen LogP contribution in [0.4, 0.5) is 0 Å². The second kappa shape index (κ2) is 5.02. The highest BCUT2D eigenvalue weighted by atomic mass is 32.1. The van der Waals surface area contributed by atoms with Gasteiger partial charge in [0.25, 0.3) is 0 Å². The maximum atomic E-state index is 11.8. The van der Waals surface area contributed by atoms with Crippen LogP contribution in [0.3, 0.4) is 0 Å². The zero-order chi connectivity index (χ0) is 14.1. The lowest BCUT2D eigenvalue weighted by atomic mass is 10.0. The first-order valence-corrected chi connectivity index (χ1v) is 7.15. The predicted octanol–water partition coefficient (Wildman–Crippen LogP) is 2.90. The summed E-state index contributed by atoms with van der Waals surface area (Å²) in [5, 5.41) is 13.5. The number of rotatable bonds is 2. The Labute approximate surface area is 120 Å². The molecule has 0 unspecified atom stereocenters. The molecule has 0 bridgehead atoms. The van der Waals surface area contributed by atoms with Crippen LogP contribution >= 0.6 is 11.3 Å². The van der Waals surface area contributed by atoms with Gasteiger partial charge in [-0.1, -0.05) is 24.3 Å². The van der Waals surface area contributed by atoms with Crippen LogP contribution in [0.1, 0.15) is 23.4 Å². The number of nitrogens with one attached hydrogen (secondary N) is 1. The Morgan fingerprint density at radius 3 is 2.75 bits per heavy atom. The Kier molecular flexibility index (Phi) is 3.20. The van der Waals surface area contributed by atoms with Crippen LogP contribution in [0.15, 0.2) is 47.9 Å². The smallest absolute Gasteiger partial charge is 0.238 e. The summed E-state index contributed by atoms with van der Waals surface area (Å²) in [7, 11) is 0. The van der Waals surface area contributed by atoms with Gasteiger partial charge in [-0.15, -0.1) is 11.3 Å². The summed E-state index contributed by atoms with van der Waals surface area (Å²) in [4.78, 5) is 12.9. The van der Waals surface area contributed by atoms with E-state index in [1.165, 1.54) is 11.9 Å². The van der Waals surface area contributed by atoms with E-state index >= 15 is 0 Å². The number of carbonyl (C=O) groups excluding carboxylic acids is 1. The lowest BCUT2D eigenvalue weighted by Gasteiger charge is -2.24. The molecule has 1 aliphatic heterocycles. The first-order chi connectivity index (χ1) is 9.66. The molecule has 102 valence electrons. The predicted molar refractivity (Wildman–Crippen MR) is 78.8 cm³/mol. The Morgan fingerprint density at radius 1 is 1.30 bits per heavy atom. The molecule has 0 saturated carbocycles. The third-order valence-corrected chi connectivity index (χ3v) is 4.13. The van der Waals surface area contributed by atoms with E-state index in [0.717, 1.165) is 10.6 Å². The highest BCUT2D eigenvalue weighted by molar-refractivity contribution is 7.11. The average Bonchev–Trinajstić information content (AvgIpc) is 3.08. The minimum atomic E-state index is -0.300. The van der Waals surface area contributed by atoms with Gasteiger partial charge in [-0.2, -0.15) is 0 Å². The number of amides is 1. The van der Waals surface area contributed by atoms with Gasteiger partial charge in [-0.25, -0.2) is 5.01 Å². The molecule has 20 heavy (non-hydrogen) atoms. The fraction of sp³-hybridized carbons (Fsp3) is 0.133. The van der Waals surface area contributed by atoms with E-state index in [1.807, 2.05) is 35.7 Å². The zero-order valence-corrected chi connectivity index (χ0v) is 11.7. The number of phenols is 1. The number of hydrogen-bond acceptors (Lipinski definition) is 4. The van der Waals surface area contributed by atoms with E-state index in [9.17, 15) is 9.90 Å². The van der Waals surface area contributed by atoms with Crippen molar-refractivity contribution in [3.8, 4) is 5.75 Å². The molecule has 1 aliphatic rings. The summed E-state index contributed by atoms with van der Waals surface area (Å²) in [6.45, 7) is 1.51. The van der Waals surface area contributed by atoms with E-state index < -0.39 is 0 Å². The molecule has 0 aliphatic carbocycles. The second-order valence-corrected chi connectivity index (χ2v) is 5.51. The first kappa shape index (κ1) is 12.7. The summed E-state index contributed by atoms with van der Waals surface area (Å²) in [6, 6.07) is 10.7. The first-order valence-electron chi connectivity index (χ1n) is 6.27. The van der Waals surface area contributed by atoms with Gasteiger partial charge in [0.2, 0.25) is 5.91 Å². The molecule has 0 saturated heterocycles. The summed E-state index contributed by atoms with van der Waals surface area (Å²) in [6.07, 6.45) is 1.96. The van der Waals surface area contributed by atoms with E-state index in [-0.39, 0.29) is 17.7 Å². The van der Waals surface area contributed by atoms with E-state index in [4.69, 9.17) is 0 Å². The molecule has 1 aromatic carbocycles. The van der Waals surface area contributed by atoms with Crippen molar-refractivity contribution in [3.63, 3.8) is 0 Å². The molecular weight excluding hydrogens is 272 g/mol. The second-order valence-electron chi connectivity index (χ2n) is 4.56. The molecule has 2 aromatic rings. The molecule has 0 spiro atoms. The number of hydrazine groups is 1. The van der Waals surface area contributed by atoms with Crippen molar-refractivity contribution in [2.75, 3.05) is 0 Å². The number of thiophene rings is 1. The van der Waals surface area contributed by atoms with Gasteiger partial charge in [0.1, 0.15) is 11.8 Å². The van der Waals surface area contributed by atoms with Gasteiger partial charge in [-0.3, -0.25) is 10.2 Å². The largest absolute Gasteiger partial charge is 0.508 e. The molecule has 1 amide bonds. The number of nitrogens with zero attached hydrogens (tertiary/aromatic N) is 1. The van der Waals surface area contributed by atoms with E-state index in [1.54, 1.807) is 23.5 Å². The molecule has 4 nitrogen and oxygen atoms in total. The van der Waals surface area contributed by atoms with Gasteiger partial charge in [-0.05, 0) is 23.6 Å². The Bertz CT molecular complexity index is 664. The highest BCUT2D eigenvalue weighted by Crippen LogP contribution is 2.36. The lowest BCUT2D eigenvalue weighted by Crippen LogP contribution is -2.37. The summed E-state index contributed by atoms with van der Waals surface area (Å²) in [5.74, 6) is 0.0929. The summed E-state index contributed by atoms with van der Waals surface area (Å²) >= 11 is 1.60. The van der Waals surface area contributed by atoms with Gasteiger partial charge in [0.05, 0.1) is 10.6 Å². The molecule has 0 fully saturated rings. The van der Waals surface area contributed by atoms with Crippen molar-refractivity contribution in [3.05, 3.63) is 58.3 Å². The van der Waals surface area contributed by atoms with E-state index in [0.29, 0.717) is 5.56 Å². The van der Waals surface area contributed by atoms with Crippen LogP contribution in [0, 0.1) is 0 Å². The molecule has 1 aromatic heterocycles. The average molecular weight is 286 g/mol. The fourth-order valence-electron chi connectivity index (χ4n) is 2.28. The normalized spacial score (nSPS) is 17.8. The van der Waals surface area contributed by atoms with Gasteiger partial charge in [0.15, 0.2) is 0 Å². The van der Waals surface area contributed by atoms with Crippen molar-refractivity contribution in [2.24, 2.45) is 0 Å². The standard InChI is InChI=1S/C15H14N2O2S/c1-10(18)17-13(11-5-2-3-6-14(11)19)9-12(16-17)15-7-4-8-20-15/h2-9,13,16,19H,1H3/t13-/m1/s1. The van der Waals surface area contributed by atoms with Crippen molar-refractivity contribution in [1.82, 2.24) is 10.4 Å². The highest BCUT2D eigenvalue weighted by Gasteiger charge is 2.30. The summed E-state index contributed by atoms with van der Waals surface area (Å²) in [5.41, 5.74) is 4.71. The molecule has 2 N–H and O–H groups in total. The SMILES string of the molecule is CC(=O)N1NC(c2cccs2)=C[C@@H]1c1ccccc1O. The maximum Gasteiger partial charge on any atom is 0.238 e. The Hall–Kier alpha value is -2.27. The number of carbonyl (C=O) groups is 1. The van der Waals surface area contributed by atoms with Crippen molar-refractivity contribution in [1.29, 1.82) is 0 Å². The Morgan fingerprint density at radius 2 is 2.10 bits per heavy atom. The number of aromatic hydroxyl groups is 1. The number of para-hydroxylation sites is 1. The lowest BCUT2D eigenvalue weighted by molar-refractivity contribution is -0.132. The topological polar surface area (TPSA) is 52.6 Å². The van der Waals surface area contributed by atoms with Crippen LogP contribution in [0.5, 0.6) is 5.75 Å². The third kappa shape index (κ3) is 2.16. The zero-order valence-electron chi connectivity index (χ0n) is 10.9. The van der Waals surface area contributed by atoms with Crippen LogP contribution in [0.25, 0.3) is 5.70 Å². The molecule has 3 rings (SSSR count). The molecule has 2 heterocycles. The van der Waals surface area contributed by atoms with Crippen LogP contribution in [-0.4, -0.2) is 16.0 Å². The van der Waals surface area contributed by atoms with Gasteiger partial charge >= 0.3 is 0 Å². The van der Waals surface area contributed by atoms with Crippen molar-refractivity contribution in [2.45, 2.75) is 13.0 Å². The Balaban J connectivity index is 2.02. The van der Waals surface area contributed by atoms with Crippen molar-refractivity contribution >= 4 is 22.9 Å². The summed E-state index contributed by atoms with van der Waals surface area (Å²) < 4.78 is 0. The van der Waals surface area contributed by atoms with E-state index in [2.05, 4.69) is 5.43 Å². The number of phenolic OH excluding ortho intramolecular Hbond substituents is 1. The van der Waals surface area contributed by atoms with Crippen LogP contribution in [0.2, 0.25) is 0 Å². The number of benzene rings is 1. The van der Waals surface area contributed by atoms with Crippen LogP contribution < -0.4 is 5.43 Å².